The Balaban J connectivity index is 2.17. The van der Waals surface area contributed by atoms with Crippen LogP contribution in [0, 0.1) is 10.1 Å². The van der Waals surface area contributed by atoms with E-state index in [0.29, 0.717) is 6.61 Å². The molecule has 0 radical (unpaired) electrons. The molecule has 2 heterocycles. The van der Waals surface area contributed by atoms with Crippen LogP contribution in [0.5, 0.6) is 0 Å². The van der Waals surface area contributed by atoms with Gasteiger partial charge in [-0.15, -0.1) is 0 Å². The Morgan fingerprint density at radius 3 is 3.05 bits per heavy atom. The molecule has 2 rings (SSSR count). The summed E-state index contributed by atoms with van der Waals surface area (Å²) in [4.78, 5) is 13.7. The fourth-order valence-electron chi connectivity index (χ4n) is 2.55. The molecule has 1 aromatic rings. The van der Waals surface area contributed by atoms with Crippen molar-refractivity contribution in [3.63, 3.8) is 0 Å². The predicted molar refractivity (Wildman–Crippen MR) is 74.4 cm³/mol. The van der Waals surface area contributed by atoms with Crippen LogP contribution in [0.4, 0.5) is 5.00 Å². The number of hydrogen-bond donors (Lipinski definition) is 1. The lowest BCUT2D eigenvalue weighted by molar-refractivity contribution is -0.380. The smallest absolute Gasteiger partial charge is 0.324 e. The highest BCUT2D eigenvalue weighted by Gasteiger charge is 2.32. The number of likely N-dealkylation sites (tertiary alicyclic amines) is 1. The van der Waals surface area contributed by atoms with Crippen LogP contribution in [0.3, 0.4) is 0 Å². The molecule has 2 unspecified atom stereocenters. The molecular formula is C12H19N3O3S. The van der Waals surface area contributed by atoms with Gasteiger partial charge in [0.2, 0.25) is 0 Å². The molecule has 0 bridgehead atoms. The second-order valence-corrected chi connectivity index (χ2v) is 5.81. The fourth-order valence-corrected chi connectivity index (χ4v) is 3.58. The zero-order chi connectivity index (χ0) is 13.8. The summed E-state index contributed by atoms with van der Waals surface area (Å²) in [5.41, 5.74) is 6.21. The number of nitrogens with zero attached hydrogens (tertiary/aromatic N) is 2. The van der Waals surface area contributed by atoms with E-state index < -0.39 is 0 Å². The Morgan fingerprint density at radius 1 is 1.63 bits per heavy atom. The molecule has 0 aliphatic carbocycles. The number of piperidine rings is 1. The molecule has 2 N–H and O–H groups in total. The van der Waals surface area contributed by atoms with Crippen molar-refractivity contribution in [1.82, 2.24) is 4.90 Å². The molecule has 6 nitrogen and oxygen atoms in total. The lowest BCUT2D eigenvalue weighted by Crippen LogP contribution is -2.46. The number of hydrogen-bond acceptors (Lipinski definition) is 6. The lowest BCUT2D eigenvalue weighted by atomic mass is 9.96. The Morgan fingerprint density at radius 2 is 2.42 bits per heavy atom. The van der Waals surface area contributed by atoms with Crippen LogP contribution in [0.15, 0.2) is 12.1 Å². The Bertz CT molecular complexity index is 438. The summed E-state index contributed by atoms with van der Waals surface area (Å²) in [6.07, 6.45) is 2.02. The number of methoxy groups -OCH3 is 1. The van der Waals surface area contributed by atoms with Gasteiger partial charge in [-0.2, -0.15) is 0 Å². The van der Waals surface area contributed by atoms with Crippen LogP contribution in [-0.4, -0.2) is 42.7 Å². The fraction of sp³-hybridized carbons (Fsp3) is 0.667. The summed E-state index contributed by atoms with van der Waals surface area (Å²) in [5, 5.41) is 11.0. The first-order valence-electron chi connectivity index (χ1n) is 6.36. The van der Waals surface area contributed by atoms with E-state index in [1.165, 1.54) is 11.3 Å². The maximum Gasteiger partial charge on any atom is 0.324 e. The standard InChI is InChI=1S/C12H19N3O3S/c1-18-8-7-14-6-2-3-9(13)12(14)10-4-5-11(19-10)15(16)17/h4-5,9,12H,2-3,6-8,13H2,1H3. The minimum absolute atomic E-state index is 0.0314. The highest BCUT2D eigenvalue weighted by Crippen LogP contribution is 2.36. The normalized spacial score (nSPS) is 24.5. The van der Waals surface area contributed by atoms with Gasteiger partial charge in [-0.1, -0.05) is 11.3 Å². The van der Waals surface area contributed by atoms with Crippen LogP contribution in [0.1, 0.15) is 23.8 Å². The molecule has 0 saturated carbocycles. The van der Waals surface area contributed by atoms with E-state index in [2.05, 4.69) is 4.90 Å². The molecular weight excluding hydrogens is 266 g/mol. The highest BCUT2D eigenvalue weighted by molar-refractivity contribution is 7.15. The quantitative estimate of drug-likeness (QED) is 0.658. The van der Waals surface area contributed by atoms with Crippen molar-refractivity contribution in [2.45, 2.75) is 24.9 Å². The molecule has 1 aliphatic rings. The van der Waals surface area contributed by atoms with Gasteiger partial charge in [0, 0.05) is 30.6 Å². The van der Waals surface area contributed by atoms with Crippen LogP contribution < -0.4 is 5.73 Å². The van der Waals surface area contributed by atoms with Crippen LogP contribution >= 0.6 is 11.3 Å². The topological polar surface area (TPSA) is 81.6 Å². The van der Waals surface area contributed by atoms with E-state index in [9.17, 15) is 10.1 Å². The number of nitrogens with two attached hydrogens (primary N) is 1. The van der Waals surface area contributed by atoms with Crippen molar-refractivity contribution in [2.24, 2.45) is 5.73 Å². The van der Waals surface area contributed by atoms with Crippen molar-refractivity contribution in [1.29, 1.82) is 0 Å². The van der Waals surface area contributed by atoms with Crippen LogP contribution in [0.2, 0.25) is 0 Å². The number of thiophene rings is 1. The molecule has 1 aromatic heterocycles. The van der Waals surface area contributed by atoms with E-state index in [0.717, 1.165) is 30.8 Å². The second kappa shape index (κ2) is 6.42. The first kappa shape index (κ1) is 14.4. The molecule has 1 aliphatic heterocycles. The number of nitro groups is 1. The van der Waals surface area contributed by atoms with Gasteiger partial charge >= 0.3 is 5.00 Å². The van der Waals surface area contributed by atoms with Crippen LogP contribution in [0.25, 0.3) is 0 Å². The van der Waals surface area contributed by atoms with Gasteiger partial charge in [-0.3, -0.25) is 15.0 Å². The summed E-state index contributed by atoms with van der Waals surface area (Å²) in [6, 6.07) is 3.50. The van der Waals surface area contributed by atoms with Crippen molar-refractivity contribution < 1.29 is 9.66 Å². The molecule has 19 heavy (non-hydrogen) atoms. The van der Waals surface area contributed by atoms with Crippen molar-refractivity contribution in [2.75, 3.05) is 26.8 Å². The third-order valence-corrected chi connectivity index (χ3v) is 4.56. The largest absolute Gasteiger partial charge is 0.383 e. The summed E-state index contributed by atoms with van der Waals surface area (Å²) in [5.74, 6) is 0. The second-order valence-electron chi connectivity index (χ2n) is 4.71. The Hall–Kier alpha value is -1.02. The third-order valence-electron chi connectivity index (χ3n) is 3.45. The number of rotatable bonds is 5. The molecule has 0 amide bonds. The minimum Gasteiger partial charge on any atom is -0.383 e. The molecule has 0 aromatic carbocycles. The molecule has 0 spiro atoms. The minimum atomic E-state index is -0.345. The maximum absolute atomic E-state index is 10.8. The molecule has 1 fully saturated rings. The van der Waals surface area contributed by atoms with Crippen molar-refractivity contribution in [3.8, 4) is 0 Å². The van der Waals surface area contributed by atoms with E-state index in [1.54, 1.807) is 13.2 Å². The Kier molecular flexibility index (Phi) is 4.87. The lowest BCUT2D eigenvalue weighted by Gasteiger charge is -2.39. The van der Waals surface area contributed by atoms with E-state index >= 15 is 0 Å². The average Bonchev–Trinajstić information content (AvgIpc) is 2.85. The third kappa shape index (κ3) is 3.30. The summed E-state index contributed by atoms with van der Waals surface area (Å²) in [7, 11) is 1.68. The highest BCUT2D eigenvalue weighted by atomic mass is 32.1. The van der Waals surface area contributed by atoms with Gasteiger partial charge in [0.05, 0.1) is 17.6 Å². The first-order chi connectivity index (χ1) is 9.13. The van der Waals surface area contributed by atoms with E-state index in [-0.39, 0.29) is 22.0 Å². The van der Waals surface area contributed by atoms with Gasteiger partial charge in [-0.05, 0) is 25.5 Å². The predicted octanol–water partition coefficient (Wildman–Crippen LogP) is 1.77. The molecule has 7 heteroatoms. The van der Waals surface area contributed by atoms with Crippen molar-refractivity contribution >= 4 is 16.3 Å². The van der Waals surface area contributed by atoms with Gasteiger partial charge in [0.15, 0.2) is 0 Å². The summed E-state index contributed by atoms with van der Waals surface area (Å²) >= 11 is 1.23. The molecule has 106 valence electrons. The number of ether oxygens (including phenoxy) is 1. The van der Waals surface area contributed by atoms with Gasteiger partial charge in [-0.25, -0.2) is 0 Å². The molecule has 2 atom stereocenters. The van der Waals surface area contributed by atoms with Gasteiger partial charge < -0.3 is 10.5 Å². The SMILES string of the molecule is COCCN1CCCC(N)C1c1ccc([N+](=O)[O-])s1. The zero-order valence-electron chi connectivity index (χ0n) is 10.9. The van der Waals surface area contributed by atoms with Crippen LogP contribution in [-0.2, 0) is 4.74 Å². The van der Waals surface area contributed by atoms with Gasteiger partial charge in [0.1, 0.15) is 0 Å². The van der Waals surface area contributed by atoms with E-state index in [1.807, 2.05) is 6.07 Å². The zero-order valence-corrected chi connectivity index (χ0v) is 11.8. The molecule has 1 saturated heterocycles. The van der Waals surface area contributed by atoms with E-state index in [4.69, 9.17) is 10.5 Å². The monoisotopic (exact) mass is 285 g/mol. The first-order valence-corrected chi connectivity index (χ1v) is 7.18. The van der Waals surface area contributed by atoms with Crippen molar-refractivity contribution in [3.05, 3.63) is 27.1 Å². The average molecular weight is 285 g/mol. The maximum atomic E-state index is 10.8. The van der Waals surface area contributed by atoms with Gasteiger partial charge in [0.25, 0.3) is 0 Å². The summed E-state index contributed by atoms with van der Waals surface area (Å²) < 4.78 is 5.12. The summed E-state index contributed by atoms with van der Waals surface area (Å²) in [6.45, 7) is 2.42. The Labute approximate surface area is 116 Å².